The molecule has 0 aromatic heterocycles. The van der Waals surface area contributed by atoms with Crippen LogP contribution in [0.2, 0.25) is 0 Å². The lowest BCUT2D eigenvalue weighted by molar-refractivity contribution is -0.150. The Morgan fingerprint density at radius 3 is 2.49 bits per heavy atom. The highest BCUT2D eigenvalue weighted by Crippen LogP contribution is 2.37. The van der Waals surface area contributed by atoms with E-state index in [2.05, 4.69) is 4.99 Å². The minimum atomic E-state index is -1.41. The van der Waals surface area contributed by atoms with E-state index in [9.17, 15) is 14.0 Å². The number of hydrogen-bond donors (Lipinski definition) is 0. The highest BCUT2D eigenvalue weighted by atomic mass is 19.1. The van der Waals surface area contributed by atoms with Crippen molar-refractivity contribution in [3.05, 3.63) is 88.9 Å². The molecule has 0 saturated carbocycles. The summed E-state index contributed by atoms with van der Waals surface area (Å²) in [6.45, 7) is 6.28. The quantitative estimate of drug-likeness (QED) is 0.403. The number of carbonyl (C=O) groups excluding carboxylic acids is 2. The highest BCUT2D eigenvalue weighted by molar-refractivity contribution is 6.16. The van der Waals surface area contributed by atoms with Gasteiger partial charge in [-0.1, -0.05) is 32.0 Å². The van der Waals surface area contributed by atoms with Gasteiger partial charge in [0.1, 0.15) is 23.1 Å². The van der Waals surface area contributed by atoms with E-state index in [0.717, 1.165) is 0 Å². The molecule has 6 nitrogen and oxygen atoms in total. The molecule has 0 fully saturated rings. The third-order valence-electron chi connectivity index (χ3n) is 5.56. The van der Waals surface area contributed by atoms with Crippen LogP contribution >= 0.6 is 0 Å². The Morgan fingerprint density at radius 2 is 1.83 bits per heavy atom. The molecular formula is C27H26F2N2O4. The minimum Gasteiger partial charge on any atom is -0.493 e. The van der Waals surface area contributed by atoms with Crippen LogP contribution in [0.3, 0.4) is 0 Å². The Kier molecular flexibility index (Phi) is 7.10. The second-order valence-corrected chi connectivity index (χ2v) is 8.65. The van der Waals surface area contributed by atoms with Crippen molar-refractivity contribution in [3.8, 4) is 5.75 Å². The number of nitrogens with zero attached hydrogens (tertiary/aromatic N) is 2. The summed E-state index contributed by atoms with van der Waals surface area (Å²) >= 11 is 0. The molecular weight excluding hydrogens is 454 g/mol. The number of ketones is 1. The molecule has 2 aromatic carbocycles. The predicted molar refractivity (Wildman–Crippen MR) is 127 cm³/mol. The van der Waals surface area contributed by atoms with E-state index in [1.165, 1.54) is 29.2 Å². The van der Waals surface area contributed by atoms with E-state index in [0.29, 0.717) is 23.8 Å². The summed E-state index contributed by atoms with van der Waals surface area (Å²) in [7, 11) is 0. The van der Waals surface area contributed by atoms with Crippen molar-refractivity contribution >= 4 is 17.5 Å². The maximum atomic E-state index is 16.0. The van der Waals surface area contributed by atoms with E-state index < -0.39 is 29.4 Å². The van der Waals surface area contributed by atoms with Gasteiger partial charge in [0.25, 0.3) is 0 Å². The van der Waals surface area contributed by atoms with Crippen molar-refractivity contribution in [2.45, 2.75) is 33.2 Å². The van der Waals surface area contributed by atoms with Crippen molar-refractivity contribution in [2.75, 3.05) is 13.2 Å². The van der Waals surface area contributed by atoms with Gasteiger partial charge in [-0.15, -0.1) is 0 Å². The fourth-order valence-electron chi connectivity index (χ4n) is 3.91. The van der Waals surface area contributed by atoms with Crippen molar-refractivity contribution in [3.63, 3.8) is 0 Å². The smallest absolute Gasteiger partial charge is 0.337 e. The molecule has 0 bridgehead atoms. The zero-order chi connectivity index (χ0) is 25.1. The van der Waals surface area contributed by atoms with E-state index in [4.69, 9.17) is 9.47 Å². The maximum Gasteiger partial charge on any atom is 0.337 e. The molecule has 4 rings (SSSR count). The highest BCUT2D eigenvalue weighted by Gasteiger charge is 2.45. The molecule has 0 saturated heterocycles. The van der Waals surface area contributed by atoms with Crippen molar-refractivity contribution < 1.29 is 27.8 Å². The second kappa shape index (κ2) is 10.2. The summed E-state index contributed by atoms with van der Waals surface area (Å²) in [4.78, 5) is 30.9. The van der Waals surface area contributed by atoms with Crippen LogP contribution in [-0.2, 0) is 20.7 Å². The summed E-state index contributed by atoms with van der Waals surface area (Å²) in [6.07, 6.45) is 1.00. The molecule has 2 heterocycles. The van der Waals surface area contributed by atoms with Crippen LogP contribution in [0.25, 0.3) is 0 Å². The van der Waals surface area contributed by atoms with Gasteiger partial charge >= 0.3 is 5.97 Å². The van der Waals surface area contributed by atoms with Gasteiger partial charge in [-0.05, 0) is 48.7 Å². The lowest BCUT2D eigenvalue weighted by atomic mass is 10.0. The molecule has 1 unspecified atom stereocenters. The first-order valence-corrected chi connectivity index (χ1v) is 11.5. The van der Waals surface area contributed by atoms with E-state index in [-0.39, 0.29) is 35.8 Å². The molecule has 1 atom stereocenters. The fourth-order valence-corrected chi connectivity index (χ4v) is 3.91. The number of ether oxygens (including phenoxy) is 2. The molecule has 0 radical (unpaired) electrons. The molecule has 182 valence electrons. The van der Waals surface area contributed by atoms with Crippen LogP contribution in [0.5, 0.6) is 5.75 Å². The Hall–Kier alpha value is -3.81. The van der Waals surface area contributed by atoms with Gasteiger partial charge in [0.2, 0.25) is 0 Å². The van der Waals surface area contributed by atoms with Gasteiger partial charge < -0.3 is 14.4 Å². The monoisotopic (exact) mass is 480 g/mol. The molecule has 0 amide bonds. The average molecular weight is 481 g/mol. The number of benzene rings is 2. The molecule has 0 aliphatic carbocycles. The maximum absolute atomic E-state index is 16.0. The summed E-state index contributed by atoms with van der Waals surface area (Å²) in [5, 5.41) is 0. The number of halogens is 2. The lowest BCUT2D eigenvalue weighted by Crippen LogP contribution is -2.43. The van der Waals surface area contributed by atoms with Crippen molar-refractivity contribution in [2.24, 2.45) is 10.9 Å². The van der Waals surface area contributed by atoms with Crippen LogP contribution < -0.4 is 4.74 Å². The van der Waals surface area contributed by atoms with Crippen LogP contribution in [0.4, 0.5) is 8.78 Å². The third-order valence-corrected chi connectivity index (χ3v) is 5.56. The first kappa shape index (κ1) is 24.3. The molecule has 2 aromatic rings. The Morgan fingerprint density at radius 1 is 1.11 bits per heavy atom. The summed E-state index contributed by atoms with van der Waals surface area (Å²) in [5.41, 5.74) is 0.637. The number of esters is 1. The van der Waals surface area contributed by atoms with Crippen molar-refractivity contribution in [1.29, 1.82) is 0 Å². The minimum absolute atomic E-state index is 0.00782. The normalized spacial score (nSPS) is 17.4. The zero-order valence-electron chi connectivity index (χ0n) is 19.8. The summed E-state index contributed by atoms with van der Waals surface area (Å²) < 4.78 is 41.2. The van der Waals surface area contributed by atoms with Gasteiger partial charge in [-0.2, -0.15) is 0 Å². The predicted octanol–water partition coefficient (Wildman–Crippen LogP) is 4.74. The van der Waals surface area contributed by atoms with Crippen LogP contribution in [0.15, 0.2) is 76.9 Å². The number of fused-ring (bicyclic) bond motifs is 1. The average Bonchev–Trinajstić information content (AvgIpc) is 3.16. The Labute approximate surface area is 202 Å². The first-order valence-electron chi connectivity index (χ1n) is 11.5. The van der Waals surface area contributed by atoms with E-state index >= 15 is 4.39 Å². The topological polar surface area (TPSA) is 68.2 Å². The van der Waals surface area contributed by atoms with Gasteiger partial charge in [-0.25, -0.2) is 18.6 Å². The van der Waals surface area contributed by atoms with Crippen LogP contribution in [-0.4, -0.2) is 41.6 Å². The first-order chi connectivity index (χ1) is 16.8. The molecule has 2 aliphatic heterocycles. The second-order valence-electron chi connectivity index (χ2n) is 8.65. The fraction of sp³-hybridized carbons (Fsp3) is 0.296. The van der Waals surface area contributed by atoms with E-state index in [1.54, 1.807) is 37.3 Å². The standard InChI is InChI=1S/C27H26F2N2O4/c1-4-34-27(33)26-22(32)14-23-30-25(17-9-11-19(12-10-17)35-15-16(2)3)24(29)21(31(23)26)13-18-7-5-6-8-20(18)28/h5-12,14,16,26H,4,13,15H2,1-3H3. The molecule has 0 spiro atoms. The number of hydrogen-bond acceptors (Lipinski definition) is 6. The Bertz CT molecular complexity index is 1230. The SMILES string of the molecule is CCOC(=O)C1C(=O)C=C2N=C(c3ccc(OCC(C)C)cc3)C(F)=C(Cc3ccccc3F)N21. The molecule has 8 heteroatoms. The van der Waals surface area contributed by atoms with Gasteiger partial charge in [0.05, 0.1) is 18.9 Å². The Balaban J connectivity index is 1.75. The molecule has 2 aliphatic rings. The number of rotatable bonds is 8. The molecule has 0 N–H and O–H groups in total. The van der Waals surface area contributed by atoms with Gasteiger partial charge in [0.15, 0.2) is 17.7 Å². The molecule has 35 heavy (non-hydrogen) atoms. The zero-order valence-corrected chi connectivity index (χ0v) is 19.8. The summed E-state index contributed by atoms with van der Waals surface area (Å²) in [5.74, 6) is -1.56. The largest absolute Gasteiger partial charge is 0.493 e. The third kappa shape index (κ3) is 5.01. The van der Waals surface area contributed by atoms with Gasteiger partial charge in [-0.3, -0.25) is 4.79 Å². The van der Waals surface area contributed by atoms with Gasteiger partial charge in [0, 0.05) is 18.1 Å². The number of allylic oxidation sites excluding steroid dienone is 2. The number of carbonyl (C=O) groups is 2. The number of aliphatic imine (C=N–C) groups is 1. The van der Waals surface area contributed by atoms with E-state index in [1.807, 2.05) is 13.8 Å². The van der Waals surface area contributed by atoms with Crippen LogP contribution in [0.1, 0.15) is 31.9 Å². The summed E-state index contributed by atoms with van der Waals surface area (Å²) in [6, 6.07) is 11.3. The van der Waals surface area contributed by atoms with Crippen molar-refractivity contribution in [1.82, 2.24) is 4.90 Å². The van der Waals surface area contributed by atoms with Crippen LogP contribution in [0, 0.1) is 11.7 Å². The lowest BCUT2D eigenvalue weighted by Gasteiger charge is -2.32.